The number of hydrogen-bond acceptors (Lipinski definition) is 7. The van der Waals surface area contributed by atoms with Gasteiger partial charge in [-0.05, 0) is 45.9 Å². The van der Waals surface area contributed by atoms with Gasteiger partial charge in [-0.2, -0.15) is 26.3 Å². The van der Waals surface area contributed by atoms with Gasteiger partial charge in [0.1, 0.15) is 11.5 Å². The Labute approximate surface area is 184 Å². The molecule has 33 heavy (non-hydrogen) atoms. The van der Waals surface area contributed by atoms with Crippen LogP contribution in [0.4, 0.5) is 32.0 Å². The minimum absolute atomic E-state index is 0.166. The second kappa shape index (κ2) is 10.5. The summed E-state index contributed by atoms with van der Waals surface area (Å²) in [4.78, 5) is 25.2. The summed E-state index contributed by atoms with van der Waals surface area (Å²) in [6.45, 7) is 3.86. The molecule has 0 amide bonds. The van der Waals surface area contributed by atoms with Crippen LogP contribution in [0.25, 0.3) is 0 Å². The first-order chi connectivity index (χ1) is 15.1. The predicted molar refractivity (Wildman–Crippen MR) is 103 cm³/mol. The quantitative estimate of drug-likeness (QED) is 0.236. The molecule has 0 fully saturated rings. The van der Waals surface area contributed by atoms with Gasteiger partial charge in [0.25, 0.3) is 0 Å². The summed E-state index contributed by atoms with van der Waals surface area (Å²) in [5.41, 5.74) is -6.59. The number of esters is 2. The van der Waals surface area contributed by atoms with E-state index in [2.05, 4.69) is 0 Å². The van der Waals surface area contributed by atoms with Crippen molar-refractivity contribution in [2.24, 2.45) is 0 Å². The van der Waals surface area contributed by atoms with Gasteiger partial charge in [0.2, 0.25) is 0 Å². The number of carbonyl (C=O) groups excluding carboxylic acids is 2. The van der Waals surface area contributed by atoms with Gasteiger partial charge in [0.15, 0.2) is 11.4 Å². The van der Waals surface area contributed by atoms with Gasteiger partial charge in [0, 0.05) is 5.69 Å². The van der Waals surface area contributed by atoms with Crippen molar-refractivity contribution in [1.29, 1.82) is 0 Å². The molecule has 0 aromatic heterocycles. The smallest absolute Gasteiger partial charge is 0.416 e. The first-order valence-corrected chi connectivity index (χ1v) is 9.29. The predicted octanol–water partition coefficient (Wildman–Crippen LogP) is 5.24. The molecule has 0 spiro atoms. The van der Waals surface area contributed by atoms with Crippen LogP contribution >= 0.6 is 0 Å². The normalized spacial score (nSPS) is 13.6. The molecular formula is C20H21F6NO6. The fraction of sp³-hybridized carbons (Fsp3) is 0.400. The van der Waals surface area contributed by atoms with Crippen molar-refractivity contribution in [3.8, 4) is 0 Å². The second-order valence-electron chi connectivity index (χ2n) is 6.41. The number of nitrogens with zero attached hydrogens (tertiary/aromatic N) is 1. The van der Waals surface area contributed by atoms with Crippen molar-refractivity contribution in [3.05, 3.63) is 52.2 Å². The van der Waals surface area contributed by atoms with E-state index < -0.39 is 64.0 Å². The van der Waals surface area contributed by atoms with E-state index in [9.17, 15) is 46.1 Å². The third-order valence-electron chi connectivity index (χ3n) is 3.90. The van der Waals surface area contributed by atoms with E-state index in [1.165, 1.54) is 13.8 Å². The molecule has 2 N–H and O–H groups in total. The van der Waals surface area contributed by atoms with Crippen LogP contribution in [0.5, 0.6) is 0 Å². The molecule has 13 heteroatoms. The molecule has 7 nitrogen and oxygen atoms in total. The highest BCUT2D eigenvalue weighted by Gasteiger charge is 2.40. The Bertz CT molecular complexity index is 885. The number of rotatable bonds is 7. The lowest BCUT2D eigenvalue weighted by Crippen LogP contribution is -2.35. The van der Waals surface area contributed by atoms with E-state index in [1.54, 1.807) is 0 Å². The number of carbonyl (C=O) groups is 2. The Kier molecular flexibility index (Phi) is 8.79. The molecule has 0 saturated carbocycles. The number of halogens is 6. The minimum Gasteiger partial charge on any atom is -0.510 e. The maximum Gasteiger partial charge on any atom is 0.416 e. The van der Waals surface area contributed by atoms with Gasteiger partial charge in [-0.3, -0.25) is 4.90 Å². The number of allylic oxidation sites excluding steroid dienone is 2. The minimum atomic E-state index is -5.26. The zero-order valence-electron chi connectivity index (χ0n) is 17.9. The highest BCUT2D eigenvalue weighted by molar-refractivity contribution is 6.02. The van der Waals surface area contributed by atoms with E-state index in [4.69, 9.17) is 9.47 Å². The van der Waals surface area contributed by atoms with Crippen molar-refractivity contribution in [1.82, 2.24) is 0 Å². The molecule has 1 aromatic carbocycles. The lowest BCUT2D eigenvalue weighted by atomic mass is 10.1. The molecule has 184 valence electrons. The first kappa shape index (κ1) is 27.7. The summed E-state index contributed by atoms with van der Waals surface area (Å²) in [6, 6.07) is 0.250. The van der Waals surface area contributed by atoms with Crippen molar-refractivity contribution in [2.75, 3.05) is 18.1 Å². The Morgan fingerprint density at radius 2 is 1.12 bits per heavy atom. The zero-order chi connectivity index (χ0) is 25.7. The average Bonchev–Trinajstić information content (AvgIpc) is 2.65. The van der Waals surface area contributed by atoms with Gasteiger partial charge in [-0.1, -0.05) is 0 Å². The summed E-state index contributed by atoms with van der Waals surface area (Å²) < 4.78 is 89.8. The van der Waals surface area contributed by atoms with Gasteiger partial charge < -0.3 is 19.7 Å². The van der Waals surface area contributed by atoms with Crippen LogP contribution in [0.3, 0.4) is 0 Å². The maximum absolute atomic E-state index is 13.4. The SMILES string of the molecule is CCOC(=O)/C(=C(/C)O)N(/C(C(=O)OCC)=C(\C)O)c1cc(C(F)(F)F)cc(C(F)(F)F)c1. The van der Waals surface area contributed by atoms with E-state index in [-0.39, 0.29) is 36.3 Å². The van der Waals surface area contributed by atoms with E-state index in [0.717, 1.165) is 13.8 Å². The molecule has 0 aliphatic heterocycles. The largest absolute Gasteiger partial charge is 0.510 e. The summed E-state index contributed by atoms with van der Waals surface area (Å²) in [6.07, 6.45) is -10.5. The van der Waals surface area contributed by atoms with Gasteiger partial charge in [-0.25, -0.2) is 9.59 Å². The van der Waals surface area contributed by atoms with Crippen molar-refractivity contribution in [3.63, 3.8) is 0 Å². The molecular weight excluding hydrogens is 464 g/mol. The molecule has 0 bridgehead atoms. The molecule has 0 aliphatic rings. The molecule has 1 aromatic rings. The monoisotopic (exact) mass is 485 g/mol. The lowest BCUT2D eigenvalue weighted by Gasteiger charge is -2.29. The Hall–Kier alpha value is -3.38. The van der Waals surface area contributed by atoms with Crippen molar-refractivity contribution < 1.29 is 55.6 Å². The Balaban J connectivity index is 4.14. The zero-order valence-corrected chi connectivity index (χ0v) is 17.9. The summed E-state index contributed by atoms with van der Waals surface area (Å²) >= 11 is 0. The molecule has 0 atom stereocenters. The summed E-state index contributed by atoms with van der Waals surface area (Å²) in [7, 11) is 0. The fourth-order valence-electron chi connectivity index (χ4n) is 2.64. The number of aliphatic hydroxyl groups is 2. The van der Waals surface area contributed by atoms with Crippen molar-refractivity contribution >= 4 is 17.6 Å². The third-order valence-corrected chi connectivity index (χ3v) is 3.90. The molecule has 0 heterocycles. The van der Waals surface area contributed by atoms with Crippen LogP contribution in [0.1, 0.15) is 38.8 Å². The van der Waals surface area contributed by atoms with Gasteiger partial charge in [0.05, 0.1) is 24.3 Å². The topological polar surface area (TPSA) is 96.3 Å². The van der Waals surface area contributed by atoms with Crippen molar-refractivity contribution in [2.45, 2.75) is 40.0 Å². The average molecular weight is 485 g/mol. The molecule has 0 aliphatic carbocycles. The number of anilines is 1. The van der Waals surface area contributed by atoms with Crippen LogP contribution in [-0.4, -0.2) is 35.4 Å². The molecule has 0 radical (unpaired) electrons. The Morgan fingerprint density at radius 1 is 0.788 bits per heavy atom. The summed E-state index contributed by atoms with van der Waals surface area (Å²) in [5, 5.41) is 20.2. The standard InChI is InChI=1S/C20H21F6NO6/c1-5-32-17(30)15(10(3)28)27(16(11(4)29)18(31)33-6-2)14-8-12(19(21,22)23)7-13(9-14)20(24,25)26/h7-9,28-29H,5-6H2,1-4H3/b15-10+,16-11+. The molecule has 1 rings (SSSR count). The third kappa shape index (κ3) is 6.80. The van der Waals surface area contributed by atoms with E-state index in [0.29, 0.717) is 0 Å². The summed E-state index contributed by atoms with van der Waals surface area (Å²) in [5.74, 6) is -4.65. The highest BCUT2D eigenvalue weighted by Crippen LogP contribution is 2.40. The number of aliphatic hydroxyl groups excluding tert-OH is 2. The van der Waals surface area contributed by atoms with Gasteiger partial charge >= 0.3 is 24.3 Å². The maximum atomic E-state index is 13.4. The first-order valence-electron chi connectivity index (χ1n) is 9.29. The van der Waals surface area contributed by atoms with Crippen LogP contribution in [0, 0.1) is 0 Å². The van der Waals surface area contributed by atoms with Crippen LogP contribution < -0.4 is 4.90 Å². The number of hydrogen-bond donors (Lipinski definition) is 2. The molecule has 0 unspecified atom stereocenters. The van der Waals surface area contributed by atoms with Crippen LogP contribution in [0.15, 0.2) is 41.1 Å². The van der Waals surface area contributed by atoms with Crippen LogP contribution in [0.2, 0.25) is 0 Å². The number of alkyl halides is 6. The highest BCUT2D eigenvalue weighted by atomic mass is 19.4. The second-order valence-corrected chi connectivity index (χ2v) is 6.41. The molecule has 0 saturated heterocycles. The fourth-order valence-corrected chi connectivity index (χ4v) is 2.64. The lowest BCUT2D eigenvalue weighted by molar-refractivity contribution is -0.143. The Morgan fingerprint density at radius 3 is 1.36 bits per heavy atom. The number of ether oxygens (including phenoxy) is 2. The van der Waals surface area contributed by atoms with Gasteiger partial charge in [-0.15, -0.1) is 0 Å². The number of benzene rings is 1. The van der Waals surface area contributed by atoms with E-state index >= 15 is 0 Å². The van der Waals surface area contributed by atoms with Crippen LogP contribution in [-0.2, 0) is 31.4 Å². The van der Waals surface area contributed by atoms with E-state index in [1.807, 2.05) is 0 Å².